The number of hydrogen-bond donors (Lipinski definition) is 0. The van der Waals surface area contributed by atoms with Crippen molar-refractivity contribution in [1.29, 1.82) is 0 Å². The van der Waals surface area contributed by atoms with Crippen molar-refractivity contribution >= 4 is 23.9 Å². The maximum atomic E-state index is 11.9. The van der Waals surface area contributed by atoms with Gasteiger partial charge in [0.2, 0.25) is 6.29 Å². The minimum Gasteiger partial charge on any atom is -0.460 e. The van der Waals surface area contributed by atoms with Gasteiger partial charge in [-0.05, 0) is 23.3 Å². The maximum absolute atomic E-state index is 11.9. The Hall–Kier alpha value is -2.13. The number of carbonyl (C=O) groups excluding carboxylic acids is 2. The largest absolute Gasteiger partial charge is 0.460 e. The second kappa shape index (κ2) is 6.87. The van der Waals surface area contributed by atoms with E-state index in [1.54, 1.807) is 30.6 Å². The Kier molecular flexibility index (Phi) is 4.91. The normalized spacial score (nSPS) is 11.7. The molecule has 4 heteroatoms. The average Bonchev–Trinajstić information content (AvgIpc) is 2.49. The van der Waals surface area contributed by atoms with Crippen LogP contribution in [0.5, 0.6) is 0 Å². The molecule has 0 aliphatic rings. The number of halogens is 1. The highest BCUT2D eigenvalue weighted by molar-refractivity contribution is 6.30. The van der Waals surface area contributed by atoms with Gasteiger partial charge in [0.15, 0.2) is 0 Å². The third kappa shape index (κ3) is 3.68. The molecule has 1 unspecified atom stereocenters. The van der Waals surface area contributed by atoms with Gasteiger partial charge in [-0.15, -0.1) is 0 Å². The van der Waals surface area contributed by atoms with Gasteiger partial charge in [0, 0.05) is 5.02 Å². The van der Waals surface area contributed by atoms with E-state index in [2.05, 4.69) is 0 Å². The highest BCUT2D eigenvalue weighted by Gasteiger charge is 2.22. The predicted octanol–water partition coefficient (Wildman–Crippen LogP) is 3.28. The molecule has 0 saturated carbocycles. The molecule has 0 spiro atoms. The summed E-state index contributed by atoms with van der Waals surface area (Å²) in [5, 5.41) is 0.538. The first kappa shape index (κ1) is 14.3. The zero-order valence-electron chi connectivity index (χ0n) is 10.6. The van der Waals surface area contributed by atoms with Crippen LogP contribution in [0.25, 0.3) is 0 Å². The van der Waals surface area contributed by atoms with Gasteiger partial charge < -0.3 is 4.74 Å². The second-order valence-corrected chi connectivity index (χ2v) is 4.63. The van der Waals surface area contributed by atoms with Crippen LogP contribution in [0, 0.1) is 0 Å². The van der Waals surface area contributed by atoms with Crippen LogP contribution in [-0.4, -0.2) is 12.3 Å². The molecule has 0 saturated heterocycles. The molecule has 0 aliphatic heterocycles. The second-order valence-electron chi connectivity index (χ2n) is 4.20. The Morgan fingerprint density at radius 2 is 1.75 bits per heavy atom. The Bertz CT molecular complexity index is 578. The molecule has 3 nitrogen and oxygen atoms in total. The first-order valence-electron chi connectivity index (χ1n) is 6.04. The third-order valence-electron chi connectivity index (χ3n) is 2.78. The maximum Gasteiger partial charge on any atom is 0.321 e. The molecule has 0 amide bonds. The molecule has 0 N–H and O–H groups in total. The summed E-state index contributed by atoms with van der Waals surface area (Å²) >= 11 is 5.77. The van der Waals surface area contributed by atoms with E-state index >= 15 is 0 Å². The topological polar surface area (TPSA) is 43.4 Å². The van der Waals surface area contributed by atoms with E-state index in [4.69, 9.17) is 16.3 Å². The van der Waals surface area contributed by atoms with Crippen LogP contribution in [0.3, 0.4) is 0 Å². The summed E-state index contributed by atoms with van der Waals surface area (Å²) in [5.74, 6) is -1.66. The molecule has 101 valence electrons. The summed E-state index contributed by atoms with van der Waals surface area (Å²) in [5.41, 5.74) is 1.38. The molecular weight excluding hydrogens is 276 g/mol. The summed E-state index contributed by atoms with van der Waals surface area (Å²) in [6.07, 6.45) is 1.71. The fourth-order valence-electron chi connectivity index (χ4n) is 1.72. The van der Waals surface area contributed by atoms with Crippen molar-refractivity contribution in [3.8, 4) is 0 Å². The molecule has 0 fully saturated rings. The highest BCUT2D eigenvalue weighted by Crippen LogP contribution is 2.19. The first-order chi connectivity index (χ1) is 9.70. The minimum atomic E-state index is -1.05. The number of hydrogen-bond acceptors (Lipinski definition) is 3. The van der Waals surface area contributed by atoms with E-state index in [0.29, 0.717) is 10.6 Å². The van der Waals surface area contributed by atoms with Gasteiger partial charge in [-0.1, -0.05) is 54.1 Å². The zero-order chi connectivity index (χ0) is 14.4. The standard InChI is InChI=1S/C16H12ClO3/c17-14-8-6-13(7-9-14)15(10-18)16(19)20-11-12-4-2-1-3-5-12/h1-9,15H,11H2. The predicted molar refractivity (Wildman–Crippen MR) is 76.1 cm³/mol. The molecule has 2 aromatic carbocycles. The zero-order valence-corrected chi connectivity index (χ0v) is 11.3. The van der Waals surface area contributed by atoms with Crippen molar-refractivity contribution < 1.29 is 14.3 Å². The van der Waals surface area contributed by atoms with E-state index in [1.165, 1.54) is 0 Å². The van der Waals surface area contributed by atoms with E-state index < -0.39 is 11.9 Å². The number of ether oxygens (including phenoxy) is 1. The Morgan fingerprint density at radius 1 is 1.10 bits per heavy atom. The summed E-state index contributed by atoms with van der Waals surface area (Å²) < 4.78 is 5.13. The number of carbonyl (C=O) groups is 1. The number of esters is 1. The molecule has 0 bridgehead atoms. The highest BCUT2D eigenvalue weighted by atomic mass is 35.5. The SMILES string of the molecule is O=[C]C(C(=O)OCc1ccccc1)c1ccc(Cl)cc1. The number of benzene rings is 2. The lowest BCUT2D eigenvalue weighted by Crippen LogP contribution is -2.17. The van der Waals surface area contributed by atoms with Crippen LogP contribution in [0.4, 0.5) is 0 Å². The van der Waals surface area contributed by atoms with Crippen molar-refractivity contribution in [3.63, 3.8) is 0 Å². The van der Waals surface area contributed by atoms with E-state index in [1.807, 2.05) is 30.3 Å². The Labute approximate surface area is 122 Å². The van der Waals surface area contributed by atoms with Gasteiger partial charge in [-0.25, -0.2) is 0 Å². The molecule has 0 heterocycles. The molecule has 2 aromatic rings. The van der Waals surface area contributed by atoms with Gasteiger partial charge >= 0.3 is 5.97 Å². The lowest BCUT2D eigenvalue weighted by atomic mass is 10.0. The molecular formula is C16H12ClO3. The van der Waals surface area contributed by atoms with Crippen molar-refractivity contribution in [2.24, 2.45) is 0 Å². The van der Waals surface area contributed by atoms with Crippen molar-refractivity contribution in [2.45, 2.75) is 12.5 Å². The van der Waals surface area contributed by atoms with Crippen molar-refractivity contribution in [2.75, 3.05) is 0 Å². The van der Waals surface area contributed by atoms with Gasteiger partial charge in [0.1, 0.15) is 12.5 Å². The van der Waals surface area contributed by atoms with Crippen LogP contribution in [0.2, 0.25) is 5.02 Å². The summed E-state index contributed by atoms with van der Waals surface area (Å²) in [6.45, 7) is 0.130. The van der Waals surface area contributed by atoms with Crippen molar-refractivity contribution in [3.05, 3.63) is 70.7 Å². The van der Waals surface area contributed by atoms with Crippen LogP contribution >= 0.6 is 11.6 Å². The third-order valence-corrected chi connectivity index (χ3v) is 3.03. The molecule has 0 aliphatic carbocycles. The van der Waals surface area contributed by atoms with Gasteiger partial charge in [-0.2, -0.15) is 0 Å². The van der Waals surface area contributed by atoms with Crippen LogP contribution in [-0.2, 0) is 20.9 Å². The summed E-state index contributed by atoms with van der Waals surface area (Å²) in [6, 6.07) is 15.7. The first-order valence-corrected chi connectivity index (χ1v) is 6.42. The van der Waals surface area contributed by atoms with Crippen LogP contribution in [0.1, 0.15) is 17.0 Å². The quantitative estimate of drug-likeness (QED) is 0.626. The molecule has 1 radical (unpaired) electrons. The lowest BCUT2D eigenvalue weighted by molar-refractivity contribution is -0.145. The average molecular weight is 288 g/mol. The monoisotopic (exact) mass is 287 g/mol. The van der Waals surface area contributed by atoms with Crippen LogP contribution in [0.15, 0.2) is 54.6 Å². The van der Waals surface area contributed by atoms with Gasteiger partial charge in [0.05, 0.1) is 0 Å². The smallest absolute Gasteiger partial charge is 0.321 e. The molecule has 2 rings (SSSR count). The minimum absolute atomic E-state index is 0.130. The lowest BCUT2D eigenvalue weighted by Gasteiger charge is -2.10. The van der Waals surface area contributed by atoms with Gasteiger partial charge in [0.25, 0.3) is 0 Å². The van der Waals surface area contributed by atoms with E-state index in [0.717, 1.165) is 5.56 Å². The van der Waals surface area contributed by atoms with Gasteiger partial charge in [-0.3, -0.25) is 9.59 Å². The summed E-state index contributed by atoms with van der Waals surface area (Å²) in [7, 11) is 0. The fraction of sp³-hybridized carbons (Fsp3) is 0.125. The molecule has 1 atom stereocenters. The Balaban J connectivity index is 2.02. The molecule has 0 aromatic heterocycles. The van der Waals surface area contributed by atoms with E-state index in [-0.39, 0.29) is 6.61 Å². The molecule has 20 heavy (non-hydrogen) atoms. The van der Waals surface area contributed by atoms with E-state index in [9.17, 15) is 9.59 Å². The van der Waals surface area contributed by atoms with Crippen molar-refractivity contribution in [1.82, 2.24) is 0 Å². The Morgan fingerprint density at radius 3 is 2.35 bits per heavy atom. The number of rotatable bonds is 5. The fourth-order valence-corrected chi connectivity index (χ4v) is 1.85. The summed E-state index contributed by atoms with van der Waals surface area (Å²) in [4.78, 5) is 22.9. The van der Waals surface area contributed by atoms with Crippen LogP contribution < -0.4 is 0 Å².